The molecule has 1 aliphatic rings. The van der Waals surface area contributed by atoms with E-state index in [1.807, 2.05) is 6.92 Å². The number of rotatable bonds is 0. The number of hydrogen-bond acceptors (Lipinski definition) is 4. The molecule has 0 unspecified atom stereocenters. The van der Waals surface area contributed by atoms with Crippen molar-refractivity contribution in [1.29, 1.82) is 0 Å². The fraction of sp³-hybridized carbons (Fsp3) is 0.500. The van der Waals surface area contributed by atoms with Gasteiger partial charge in [-0.05, 0) is 13.3 Å². The van der Waals surface area contributed by atoms with Crippen LogP contribution in [0.4, 0.5) is 11.6 Å². The number of anilines is 2. The standard InChI is InChI=1S/C8H12N4/c1-6-5-11-7-8(12-6)10-4-2-3-9-7/h5H,2-4H2,1H3,(H,9,11)(H,10,12). The molecule has 1 aromatic rings. The van der Waals surface area contributed by atoms with Crippen LogP contribution in [-0.4, -0.2) is 23.1 Å². The van der Waals surface area contributed by atoms with Crippen LogP contribution in [0.1, 0.15) is 12.1 Å². The Morgan fingerprint density at radius 1 is 1.25 bits per heavy atom. The second-order valence-corrected chi connectivity index (χ2v) is 2.92. The van der Waals surface area contributed by atoms with Gasteiger partial charge in [-0.3, -0.25) is 0 Å². The largest absolute Gasteiger partial charge is 0.367 e. The van der Waals surface area contributed by atoms with Gasteiger partial charge in [-0.2, -0.15) is 0 Å². The third-order valence-electron chi connectivity index (χ3n) is 1.83. The maximum atomic E-state index is 4.34. The van der Waals surface area contributed by atoms with Crippen LogP contribution in [-0.2, 0) is 0 Å². The van der Waals surface area contributed by atoms with Crippen LogP contribution in [0.25, 0.3) is 0 Å². The average molecular weight is 164 g/mol. The molecule has 0 aliphatic carbocycles. The Morgan fingerprint density at radius 3 is 2.83 bits per heavy atom. The zero-order chi connectivity index (χ0) is 8.39. The number of fused-ring (bicyclic) bond motifs is 1. The highest BCUT2D eigenvalue weighted by atomic mass is 15.1. The van der Waals surface area contributed by atoms with Crippen molar-refractivity contribution in [2.24, 2.45) is 0 Å². The first kappa shape index (κ1) is 7.34. The minimum Gasteiger partial charge on any atom is -0.367 e. The van der Waals surface area contributed by atoms with E-state index in [0.29, 0.717) is 0 Å². The summed E-state index contributed by atoms with van der Waals surface area (Å²) in [6, 6.07) is 0. The second kappa shape index (κ2) is 2.97. The molecule has 12 heavy (non-hydrogen) atoms. The molecule has 0 radical (unpaired) electrons. The minimum absolute atomic E-state index is 0.873. The van der Waals surface area contributed by atoms with E-state index in [1.165, 1.54) is 0 Å². The third kappa shape index (κ3) is 1.32. The Balaban J connectivity index is 2.36. The van der Waals surface area contributed by atoms with Gasteiger partial charge in [0, 0.05) is 13.1 Å². The van der Waals surface area contributed by atoms with Gasteiger partial charge in [-0.15, -0.1) is 0 Å². The van der Waals surface area contributed by atoms with Crippen LogP contribution in [0.3, 0.4) is 0 Å². The Bertz CT molecular complexity index is 284. The summed E-state index contributed by atoms with van der Waals surface area (Å²) in [6.07, 6.45) is 2.88. The number of nitrogens with one attached hydrogen (secondary N) is 2. The molecule has 1 aliphatic heterocycles. The van der Waals surface area contributed by atoms with E-state index in [-0.39, 0.29) is 0 Å². The smallest absolute Gasteiger partial charge is 0.169 e. The highest BCUT2D eigenvalue weighted by Crippen LogP contribution is 2.17. The zero-order valence-corrected chi connectivity index (χ0v) is 7.09. The molecular weight excluding hydrogens is 152 g/mol. The van der Waals surface area contributed by atoms with Crippen molar-refractivity contribution in [1.82, 2.24) is 9.97 Å². The highest BCUT2D eigenvalue weighted by Gasteiger charge is 2.07. The SMILES string of the molecule is Cc1cnc2c(n1)NCCCN2. The third-order valence-corrected chi connectivity index (χ3v) is 1.83. The minimum atomic E-state index is 0.873. The van der Waals surface area contributed by atoms with Crippen molar-refractivity contribution < 1.29 is 0 Å². The van der Waals surface area contributed by atoms with Crippen LogP contribution >= 0.6 is 0 Å². The monoisotopic (exact) mass is 164 g/mol. The summed E-state index contributed by atoms with van der Waals surface area (Å²) in [5, 5.41) is 6.45. The molecule has 4 nitrogen and oxygen atoms in total. The van der Waals surface area contributed by atoms with E-state index < -0.39 is 0 Å². The van der Waals surface area contributed by atoms with E-state index in [4.69, 9.17) is 0 Å². The Labute approximate surface area is 71.4 Å². The molecule has 2 heterocycles. The second-order valence-electron chi connectivity index (χ2n) is 2.92. The van der Waals surface area contributed by atoms with Crippen LogP contribution < -0.4 is 10.6 Å². The van der Waals surface area contributed by atoms with Crippen LogP contribution in [0.2, 0.25) is 0 Å². The van der Waals surface area contributed by atoms with E-state index in [9.17, 15) is 0 Å². The van der Waals surface area contributed by atoms with E-state index >= 15 is 0 Å². The maximum Gasteiger partial charge on any atom is 0.169 e. The molecule has 1 aromatic heterocycles. The maximum absolute atomic E-state index is 4.34. The van der Waals surface area contributed by atoms with Gasteiger partial charge in [0.05, 0.1) is 11.9 Å². The van der Waals surface area contributed by atoms with Crippen molar-refractivity contribution in [2.45, 2.75) is 13.3 Å². The first-order valence-electron chi connectivity index (χ1n) is 4.17. The number of nitrogens with zero attached hydrogens (tertiary/aromatic N) is 2. The summed E-state index contributed by atoms with van der Waals surface area (Å²) < 4.78 is 0. The first-order chi connectivity index (χ1) is 5.86. The molecule has 2 N–H and O–H groups in total. The normalized spacial score (nSPS) is 15.4. The molecule has 0 spiro atoms. The Kier molecular flexibility index (Phi) is 1.81. The lowest BCUT2D eigenvalue weighted by Crippen LogP contribution is -2.02. The summed E-state index contributed by atoms with van der Waals surface area (Å²) >= 11 is 0. The fourth-order valence-corrected chi connectivity index (χ4v) is 1.23. The molecule has 0 saturated carbocycles. The summed E-state index contributed by atoms with van der Waals surface area (Å²) in [6.45, 7) is 3.88. The van der Waals surface area contributed by atoms with Crippen molar-refractivity contribution in [2.75, 3.05) is 23.7 Å². The van der Waals surface area contributed by atoms with Gasteiger partial charge in [0.1, 0.15) is 0 Å². The predicted molar refractivity (Wildman–Crippen MR) is 48.4 cm³/mol. The molecule has 4 heteroatoms. The van der Waals surface area contributed by atoms with E-state index in [0.717, 1.165) is 36.8 Å². The molecule has 0 aromatic carbocycles. The fourth-order valence-electron chi connectivity index (χ4n) is 1.23. The van der Waals surface area contributed by atoms with Gasteiger partial charge >= 0.3 is 0 Å². The summed E-state index contributed by atoms with van der Waals surface area (Å²) in [5.41, 5.74) is 0.949. The van der Waals surface area contributed by atoms with Crippen LogP contribution in [0, 0.1) is 6.92 Å². The Hall–Kier alpha value is -1.32. The van der Waals surface area contributed by atoms with Crippen molar-refractivity contribution >= 4 is 11.6 Å². The highest BCUT2D eigenvalue weighted by molar-refractivity contribution is 5.59. The summed E-state index contributed by atoms with van der Waals surface area (Å²) in [4.78, 5) is 8.58. The van der Waals surface area contributed by atoms with Gasteiger partial charge in [0.25, 0.3) is 0 Å². The van der Waals surface area contributed by atoms with Crippen LogP contribution in [0.5, 0.6) is 0 Å². The molecule has 64 valence electrons. The zero-order valence-electron chi connectivity index (χ0n) is 7.09. The lowest BCUT2D eigenvalue weighted by molar-refractivity contribution is 0.924. The van der Waals surface area contributed by atoms with Gasteiger partial charge in [-0.25, -0.2) is 9.97 Å². The van der Waals surface area contributed by atoms with E-state index in [2.05, 4.69) is 20.6 Å². The molecule has 0 atom stereocenters. The quantitative estimate of drug-likeness (QED) is 0.601. The van der Waals surface area contributed by atoms with E-state index in [1.54, 1.807) is 6.20 Å². The lowest BCUT2D eigenvalue weighted by Gasteiger charge is -2.05. The van der Waals surface area contributed by atoms with Crippen molar-refractivity contribution in [3.8, 4) is 0 Å². The molecule has 0 fully saturated rings. The molecular formula is C8H12N4. The van der Waals surface area contributed by atoms with Gasteiger partial charge in [0.2, 0.25) is 0 Å². The number of aryl methyl sites for hydroxylation is 1. The van der Waals surface area contributed by atoms with Gasteiger partial charge in [0.15, 0.2) is 11.6 Å². The summed E-state index contributed by atoms with van der Waals surface area (Å²) in [7, 11) is 0. The number of aromatic nitrogens is 2. The molecule has 0 saturated heterocycles. The Morgan fingerprint density at radius 2 is 2.00 bits per heavy atom. The average Bonchev–Trinajstić information content (AvgIpc) is 2.28. The summed E-state index contributed by atoms with van der Waals surface area (Å²) in [5.74, 6) is 1.76. The lowest BCUT2D eigenvalue weighted by atomic mass is 10.4. The molecule has 0 amide bonds. The molecule has 0 bridgehead atoms. The topological polar surface area (TPSA) is 49.8 Å². The van der Waals surface area contributed by atoms with Crippen molar-refractivity contribution in [3.05, 3.63) is 11.9 Å². The van der Waals surface area contributed by atoms with Gasteiger partial charge in [-0.1, -0.05) is 0 Å². The van der Waals surface area contributed by atoms with Gasteiger partial charge < -0.3 is 10.6 Å². The molecule has 2 rings (SSSR count). The van der Waals surface area contributed by atoms with Crippen LogP contribution in [0.15, 0.2) is 6.20 Å². The first-order valence-corrected chi connectivity index (χ1v) is 4.17. The predicted octanol–water partition coefficient (Wildman–Crippen LogP) is 1.01. The number of hydrogen-bond donors (Lipinski definition) is 2. The van der Waals surface area contributed by atoms with Crippen molar-refractivity contribution in [3.63, 3.8) is 0 Å².